The molecule has 1 N–H and O–H groups in total. The zero-order chi connectivity index (χ0) is 21.4. The summed E-state index contributed by atoms with van der Waals surface area (Å²) in [5.74, 6) is 1.44. The lowest BCUT2D eigenvalue weighted by atomic mass is 10.1. The first kappa shape index (κ1) is 19.2. The number of aromatic nitrogens is 2. The molecular weight excluding hydrogens is 388 g/mol. The van der Waals surface area contributed by atoms with Gasteiger partial charge in [0.25, 0.3) is 5.91 Å². The minimum Gasteiger partial charge on any atom is -0.496 e. The normalized spacial score (nSPS) is 13.2. The second-order valence-corrected chi connectivity index (χ2v) is 7.74. The molecule has 1 aromatic heterocycles. The van der Waals surface area contributed by atoms with Gasteiger partial charge in [-0.2, -0.15) is 0 Å². The summed E-state index contributed by atoms with van der Waals surface area (Å²) in [6.45, 7) is 4.50. The molecule has 6 nitrogen and oxygen atoms in total. The van der Waals surface area contributed by atoms with E-state index >= 15 is 0 Å². The number of amides is 1. The van der Waals surface area contributed by atoms with Crippen LogP contribution in [0, 0.1) is 6.92 Å². The summed E-state index contributed by atoms with van der Waals surface area (Å²) in [5, 5.41) is 3.05. The minimum absolute atomic E-state index is 0.182. The fourth-order valence-corrected chi connectivity index (χ4v) is 4.15. The van der Waals surface area contributed by atoms with Gasteiger partial charge in [0.15, 0.2) is 0 Å². The molecule has 1 amide bonds. The third-order valence-electron chi connectivity index (χ3n) is 5.85. The van der Waals surface area contributed by atoms with Crippen molar-refractivity contribution < 1.29 is 9.53 Å². The number of rotatable bonds is 4. The lowest BCUT2D eigenvalue weighted by Gasteiger charge is -2.30. The van der Waals surface area contributed by atoms with Crippen LogP contribution in [0.25, 0.3) is 11.0 Å². The average molecular weight is 412 g/mol. The minimum atomic E-state index is -0.182. The summed E-state index contributed by atoms with van der Waals surface area (Å²) in [5.41, 5.74) is 5.61. The van der Waals surface area contributed by atoms with Crippen LogP contribution >= 0.6 is 0 Å². The number of fused-ring (bicyclic) bond motifs is 3. The van der Waals surface area contributed by atoms with E-state index in [0.717, 1.165) is 47.9 Å². The summed E-state index contributed by atoms with van der Waals surface area (Å²) < 4.78 is 7.63. The molecule has 6 heteroatoms. The molecule has 0 atom stereocenters. The van der Waals surface area contributed by atoms with Crippen LogP contribution in [0.4, 0.5) is 11.4 Å². The third kappa shape index (κ3) is 3.50. The van der Waals surface area contributed by atoms with Crippen LogP contribution in [0.1, 0.15) is 21.7 Å². The van der Waals surface area contributed by atoms with Gasteiger partial charge in [-0.1, -0.05) is 30.3 Å². The molecular formula is C25H24N4O2. The largest absolute Gasteiger partial charge is 0.496 e. The number of carbonyl (C=O) groups excluding carboxylic acids is 1. The number of methoxy groups -OCH3 is 1. The van der Waals surface area contributed by atoms with Crippen molar-refractivity contribution in [1.29, 1.82) is 0 Å². The first-order valence-corrected chi connectivity index (χ1v) is 10.4. The lowest BCUT2D eigenvalue weighted by Crippen LogP contribution is -2.33. The topological polar surface area (TPSA) is 59.4 Å². The zero-order valence-electron chi connectivity index (χ0n) is 17.6. The standard InChI is InChI=1S/C25H24N4O2/c1-17-11-12-18(15-21(17)27-25(30)19-7-3-6-10-23(19)31-2)28-13-14-29-22-9-5-4-8-20(22)26-24(29)16-28/h3-12,15H,13-14,16H2,1-2H3,(H,27,30). The first-order chi connectivity index (χ1) is 15.1. The van der Waals surface area contributed by atoms with Crippen molar-refractivity contribution in [2.24, 2.45) is 0 Å². The van der Waals surface area contributed by atoms with Gasteiger partial charge in [-0.25, -0.2) is 4.98 Å². The van der Waals surface area contributed by atoms with Crippen LogP contribution in [0.15, 0.2) is 66.7 Å². The van der Waals surface area contributed by atoms with E-state index in [-0.39, 0.29) is 5.91 Å². The molecule has 1 aliphatic heterocycles. The number of hydrogen-bond acceptors (Lipinski definition) is 4. The average Bonchev–Trinajstić information content (AvgIpc) is 3.18. The number of nitrogens with zero attached hydrogens (tertiary/aromatic N) is 3. The van der Waals surface area contributed by atoms with E-state index in [0.29, 0.717) is 11.3 Å². The van der Waals surface area contributed by atoms with E-state index in [1.165, 1.54) is 5.52 Å². The molecule has 2 heterocycles. The maximum Gasteiger partial charge on any atom is 0.259 e. The summed E-state index contributed by atoms with van der Waals surface area (Å²) >= 11 is 0. The number of ether oxygens (including phenoxy) is 1. The molecule has 5 rings (SSSR count). The van der Waals surface area contributed by atoms with Gasteiger partial charge in [0.2, 0.25) is 0 Å². The molecule has 0 bridgehead atoms. The van der Waals surface area contributed by atoms with Gasteiger partial charge < -0.3 is 19.5 Å². The van der Waals surface area contributed by atoms with Crippen molar-refractivity contribution in [2.45, 2.75) is 20.0 Å². The second-order valence-electron chi connectivity index (χ2n) is 7.74. The Morgan fingerprint density at radius 3 is 2.71 bits per heavy atom. The SMILES string of the molecule is COc1ccccc1C(=O)Nc1cc(N2CCn3c(nc4ccccc43)C2)ccc1C. The quantitative estimate of drug-likeness (QED) is 0.531. The van der Waals surface area contributed by atoms with Crippen molar-refractivity contribution in [3.63, 3.8) is 0 Å². The van der Waals surface area contributed by atoms with Crippen molar-refractivity contribution in [1.82, 2.24) is 9.55 Å². The molecule has 0 spiro atoms. The predicted molar refractivity (Wildman–Crippen MR) is 123 cm³/mol. The van der Waals surface area contributed by atoms with Crippen LogP contribution in [0.2, 0.25) is 0 Å². The van der Waals surface area contributed by atoms with E-state index < -0.39 is 0 Å². The van der Waals surface area contributed by atoms with Crippen molar-refractivity contribution in [3.8, 4) is 5.75 Å². The van der Waals surface area contributed by atoms with E-state index in [1.807, 2.05) is 37.3 Å². The molecule has 3 aromatic carbocycles. The van der Waals surface area contributed by atoms with Crippen LogP contribution in [-0.4, -0.2) is 29.1 Å². The molecule has 0 fully saturated rings. The van der Waals surface area contributed by atoms with Gasteiger partial charge in [0.1, 0.15) is 11.6 Å². The van der Waals surface area contributed by atoms with Crippen LogP contribution < -0.4 is 15.0 Å². The molecule has 0 aliphatic carbocycles. The van der Waals surface area contributed by atoms with Gasteiger partial charge in [0, 0.05) is 24.5 Å². The Morgan fingerprint density at radius 1 is 1.03 bits per heavy atom. The number of aryl methyl sites for hydroxylation is 1. The summed E-state index contributed by atoms with van der Waals surface area (Å²) in [7, 11) is 1.57. The number of para-hydroxylation sites is 3. The number of nitrogens with one attached hydrogen (secondary N) is 1. The van der Waals surface area contributed by atoms with E-state index in [4.69, 9.17) is 9.72 Å². The van der Waals surface area contributed by atoms with Crippen LogP contribution in [0.3, 0.4) is 0 Å². The summed E-state index contributed by atoms with van der Waals surface area (Å²) in [4.78, 5) is 20.0. The fraction of sp³-hybridized carbons (Fsp3) is 0.200. The second kappa shape index (κ2) is 7.80. The van der Waals surface area contributed by atoms with Gasteiger partial charge in [0.05, 0.1) is 30.3 Å². The smallest absolute Gasteiger partial charge is 0.259 e. The molecule has 31 heavy (non-hydrogen) atoms. The van der Waals surface area contributed by atoms with Gasteiger partial charge in [-0.15, -0.1) is 0 Å². The third-order valence-corrected chi connectivity index (χ3v) is 5.85. The summed E-state index contributed by atoms with van der Waals surface area (Å²) in [6.07, 6.45) is 0. The first-order valence-electron chi connectivity index (χ1n) is 10.4. The lowest BCUT2D eigenvalue weighted by molar-refractivity contribution is 0.102. The Balaban J connectivity index is 1.40. The van der Waals surface area contributed by atoms with Gasteiger partial charge in [-0.3, -0.25) is 4.79 Å². The molecule has 156 valence electrons. The number of carbonyl (C=O) groups is 1. The Kier molecular flexibility index (Phi) is 4.82. The molecule has 0 saturated heterocycles. The van der Waals surface area contributed by atoms with E-state index in [2.05, 4.69) is 39.0 Å². The predicted octanol–water partition coefficient (Wildman–Crippen LogP) is 4.63. The van der Waals surface area contributed by atoms with Crippen molar-refractivity contribution in [2.75, 3.05) is 23.9 Å². The van der Waals surface area contributed by atoms with Crippen LogP contribution in [-0.2, 0) is 13.1 Å². The Bertz CT molecular complexity index is 1280. The Labute approximate surface area is 181 Å². The summed E-state index contributed by atoms with van der Waals surface area (Å²) in [6, 6.07) is 21.7. The van der Waals surface area contributed by atoms with Gasteiger partial charge >= 0.3 is 0 Å². The number of benzene rings is 3. The molecule has 4 aromatic rings. The number of hydrogen-bond donors (Lipinski definition) is 1. The highest BCUT2D eigenvalue weighted by atomic mass is 16.5. The number of imidazole rings is 1. The molecule has 1 aliphatic rings. The monoisotopic (exact) mass is 412 g/mol. The molecule has 0 radical (unpaired) electrons. The van der Waals surface area contributed by atoms with Gasteiger partial charge in [-0.05, 0) is 48.9 Å². The zero-order valence-corrected chi connectivity index (χ0v) is 17.6. The van der Waals surface area contributed by atoms with Crippen LogP contribution in [0.5, 0.6) is 5.75 Å². The van der Waals surface area contributed by atoms with E-state index in [9.17, 15) is 4.79 Å². The highest BCUT2D eigenvalue weighted by Crippen LogP contribution is 2.29. The fourth-order valence-electron chi connectivity index (χ4n) is 4.15. The highest BCUT2D eigenvalue weighted by molar-refractivity contribution is 6.06. The highest BCUT2D eigenvalue weighted by Gasteiger charge is 2.21. The van der Waals surface area contributed by atoms with Crippen molar-refractivity contribution in [3.05, 3.63) is 83.7 Å². The Hall–Kier alpha value is -3.80. The van der Waals surface area contributed by atoms with Crippen molar-refractivity contribution >= 4 is 28.3 Å². The molecule has 0 saturated carbocycles. The number of anilines is 2. The Morgan fingerprint density at radius 2 is 1.84 bits per heavy atom. The maximum atomic E-state index is 12.9. The molecule has 0 unspecified atom stereocenters. The maximum absolute atomic E-state index is 12.9. The van der Waals surface area contributed by atoms with E-state index in [1.54, 1.807) is 19.2 Å².